The third-order valence-corrected chi connectivity index (χ3v) is 3.14. The second-order valence-electron chi connectivity index (χ2n) is 5.67. The highest BCUT2D eigenvalue weighted by atomic mass is 19.4. The van der Waals surface area contributed by atoms with E-state index in [0.29, 0.717) is 19.5 Å². The highest BCUT2D eigenvalue weighted by Gasteiger charge is 2.28. The third-order valence-electron chi connectivity index (χ3n) is 3.14. The molecule has 0 amide bonds. The fourth-order valence-corrected chi connectivity index (χ4v) is 1.65. The van der Waals surface area contributed by atoms with E-state index in [1.807, 2.05) is 0 Å². The maximum Gasteiger partial charge on any atom is 0.422 e. The van der Waals surface area contributed by atoms with Crippen LogP contribution in [0.5, 0.6) is 5.75 Å². The van der Waals surface area contributed by atoms with Gasteiger partial charge in [0.15, 0.2) is 6.61 Å². The van der Waals surface area contributed by atoms with Crippen molar-refractivity contribution in [1.82, 2.24) is 5.32 Å². The van der Waals surface area contributed by atoms with Gasteiger partial charge in [0, 0.05) is 6.54 Å². The minimum atomic E-state index is -4.36. The molecule has 0 aromatic heterocycles. The summed E-state index contributed by atoms with van der Waals surface area (Å²) in [5, 5.41) is 12.1. The van der Waals surface area contributed by atoms with Crippen molar-refractivity contribution in [2.45, 2.75) is 33.0 Å². The zero-order chi connectivity index (χ0) is 16.8. The van der Waals surface area contributed by atoms with Gasteiger partial charge in [-0.2, -0.15) is 13.2 Å². The smallest absolute Gasteiger partial charge is 0.422 e. The summed E-state index contributed by atoms with van der Waals surface area (Å²) in [6.45, 7) is 2.88. The predicted molar refractivity (Wildman–Crippen MR) is 75.7 cm³/mol. The summed E-state index contributed by atoms with van der Waals surface area (Å²) in [6.07, 6.45) is -3.91. The van der Waals surface area contributed by atoms with Crippen molar-refractivity contribution >= 4 is 5.97 Å². The van der Waals surface area contributed by atoms with E-state index < -0.39 is 24.2 Å². The van der Waals surface area contributed by atoms with E-state index in [1.54, 1.807) is 26.0 Å². The number of rotatable bonds is 8. The van der Waals surface area contributed by atoms with Crippen LogP contribution in [0.1, 0.15) is 25.8 Å². The zero-order valence-electron chi connectivity index (χ0n) is 12.5. The number of nitrogens with one attached hydrogen (secondary N) is 1. The molecule has 2 N–H and O–H groups in total. The molecule has 0 radical (unpaired) electrons. The van der Waals surface area contributed by atoms with Crippen LogP contribution in [0.2, 0.25) is 0 Å². The van der Waals surface area contributed by atoms with Crippen molar-refractivity contribution < 1.29 is 27.8 Å². The number of ether oxygens (including phenoxy) is 1. The molecule has 0 heterocycles. The van der Waals surface area contributed by atoms with Gasteiger partial charge in [0.1, 0.15) is 5.75 Å². The number of halogens is 3. The number of hydrogen-bond acceptors (Lipinski definition) is 3. The molecule has 124 valence electrons. The summed E-state index contributed by atoms with van der Waals surface area (Å²) in [4.78, 5) is 10.9. The number of carboxylic acids is 1. The molecule has 0 atom stereocenters. The van der Waals surface area contributed by atoms with Gasteiger partial charge >= 0.3 is 12.1 Å². The lowest BCUT2D eigenvalue weighted by atomic mass is 9.90. The average molecular weight is 319 g/mol. The van der Waals surface area contributed by atoms with Crippen molar-refractivity contribution in [3.8, 4) is 5.75 Å². The van der Waals surface area contributed by atoms with Gasteiger partial charge in [0.05, 0.1) is 5.41 Å². The van der Waals surface area contributed by atoms with Crippen LogP contribution in [-0.2, 0) is 11.3 Å². The zero-order valence-corrected chi connectivity index (χ0v) is 12.5. The number of hydrogen-bond donors (Lipinski definition) is 2. The average Bonchev–Trinajstić information content (AvgIpc) is 2.41. The molecule has 0 saturated carbocycles. The van der Waals surface area contributed by atoms with Crippen LogP contribution in [-0.4, -0.2) is 30.4 Å². The molecule has 22 heavy (non-hydrogen) atoms. The van der Waals surface area contributed by atoms with Gasteiger partial charge in [0.25, 0.3) is 0 Å². The van der Waals surface area contributed by atoms with Gasteiger partial charge in [0.2, 0.25) is 0 Å². The van der Waals surface area contributed by atoms with E-state index in [0.717, 1.165) is 5.56 Å². The molecule has 0 aliphatic carbocycles. The molecule has 1 aromatic rings. The Kier molecular flexibility index (Phi) is 6.22. The molecule has 0 spiro atoms. The molecule has 0 bridgehead atoms. The Morgan fingerprint density at radius 2 is 2.00 bits per heavy atom. The Morgan fingerprint density at radius 3 is 2.59 bits per heavy atom. The number of carboxylic acid groups (broad SMARTS) is 1. The number of alkyl halides is 3. The van der Waals surface area contributed by atoms with Gasteiger partial charge in [-0.1, -0.05) is 12.1 Å². The lowest BCUT2D eigenvalue weighted by Gasteiger charge is -2.19. The van der Waals surface area contributed by atoms with Crippen molar-refractivity contribution in [2.24, 2.45) is 5.41 Å². The molecule has 0 saturated heterocycles. The molecule has 0 aliphatic heterocycles. The Labute approximate surface area is 127 Å². The van der Waals surface area contributed by atoms with Crippen LogP contribution < -0.4 is 10.1 Å². The lowest BCUT2D eigenvalue weighted by Crippen LogP contribution is -2.28. The van der Waals surface area contributed by atoms with Crippen LogP contribution in [0.15, 0.2) is 24.3 Å². The first kappa shape index (κ1) is 18.3. The van der Waals surface area contributed by atoms with Crippen molar-refractivity contribution in [1.29, 1.82) is 0 Å². The van der Waals surface area contributed by atoms with Gasteiger partial charge in [-0.15, -0.1) is 0 Å². The van der Waals surface area contributed by atoms with E-state index in [2.05, 4.69) is 10.1 Å². The van der Waals surface area contributed by atoms with Crippen LogP contribution in [0.4, 0.5) is 13.2 Å². The van der Waals surface area contributed by atoms with Gasteiger partial charge in [-0.3, -0.25) is 4.79 Å². The fraction of sp³-hybridized carbons (Fsp3) is 0.533. The van der Waals surface area contributed by atoms with Crippen LogP contribution in [0.3, 0.4) is 0 Å². The normalized spacial score (nSPS) is 12.2. The van der Waals surface area contributed by atoms with E-state index in [4.69, 9.17) is 5.11 Å². The van der Waals surface area contributed by atoms with E-state index in [-0.39, 0.29) is 5.75 Å². The molecule has 0 fully saturated rings. The summed E-state index contributed by atoms with van der Waals surface area (Å²) in [6, 6.07) is 6.36. The number of carbonyl (C=O) groups is 1. The molecule has 1 aromatic carbocycles. The monoisotopic (exact) mass is 319 g/mol. The molecule has 4 nitrogen and oxygen atoms in total. The Hall–Kier alpha value is -1.76. The number of aliphatic carboxylic acids is 1. The Balaban J connectivity index is 2.42. The fourth-order valence-electron chi connectivity index (χ4n) is 1.65. The molecule has 0 aliphatic rings. The largest absolute Gasteiger partial charge is 0.484 e. The molecule has 7 heteroatoms. The second-order valence-corrected chi connectivity index (χ2v) is 5.67. The van der Waals surface area contributed by atoms with E-state index in [9.17, 15) is 18.0 Å². The van der Waals surface area contributed by atoms with Crippen LogP contribution >= 0.6 is 0 Å². The minimum Gasteiger partial charge on any atom is -0.484 e. The Bertz CT molecular complexity index is 501. The first-order valence-electron chi connectivity index (χ1n) is 6.83. The van der Waals surface area contributed by atoms with Gasteiger partial charge < -0.3 is 15.2 Å². The summed E-state index contributed by atoms with van der Waals surface area (Å²) in [5.74, 6) is -0.709. The van der Waals surface area contributed by atoms with Gasteiger partial charge in [-0.25, -0.2) is 0 Å². The quantitative estimate of drug-likeness (QED) is 0.722. The lowest BCUT2D eigenvalue weighted by molar-refractivity contribution is -0.153. The highest BCUT2D eigenvalue weighted by Crippen LogP contribution is 2.20. The summed E-state index contributed by atoms with van der Waals surface area (Å²) in [5.41, 5.74) is -0.0437. The number of benzene rings is 1. The van der Waals surface area contributed by atoms with Gasteiger partial charge in [-0.05, 0) is 44.5 Å². The standard InChI is InChI=1S/C15H20F3NO3/c1-14(2,13(20)21)6-7-19-9-11-4-3-5-12(8-11)22-10-15(16,17)18/h3-5,8,19H,6-7,9-10H2,1-2H3,(H,20,21). The van der Waals surface area contributed by atoms with Crippen LogP contribution in [0, 0.1) is 5.41 Å². The highest BCUT2D eigenvalue weighted by molar-refractivity contribution is 5.73. The maximum absolute atomic E-state index is 12.1. The third kappa shape index (κ3) is 6.80. The molecule has 1 rings (SSSR count). The molecule has 0 unspecified atom stereocenters. The van der Waals surface area contributed by atoms with Crippen molar-refractivity contribution in [3.63, 3.8) is 0 Å². The van der Waals surface area contributed by atoms with Crippen LogP contribution in [0.25, 0.3) is 0 Å². The second kappa shape index (κ2) is 7.49. The summed E-state index contributed by atoms with van der Waals surface area (Å²) in [7, 11) is 0. The summed E-state index contributed by atoms with van der Waals surface area (Å²) < 4.78 is 40.9. The Morgan fingerprint density at radius 1 is 1.32 bits per heavy atom. The molecular formula is C15H20F3NO3. The first-order valence-corrected chi connectivity index (χ1v) is 6.83. The minimum absolute atomic E-state index is 0.155. The maximum atomic E-state index is 12.1. The SMILES string of the molecule is CC(C)(CCNCc1cccc(OCC(F)(F)F)c1)C(=O)O. The van der Waals surface area contributed by atoms with E-state index >= 15 is 0 Å². The first-order chi connectivity index (χ1) is 10.1. The van der Waals surface area contributed by atoms with Crippen molar-refractivity contribution in [3.05, 3.63) is 29.8 Å². The predicted octanol–water partition coefficient (Wildman–Crippen LogP) is 3.22. The topological polar surface area (TPSA) is 58.6 Å². The van der Waals surface area contributed by atoms with Crippen molar-refractivity contribution in [2.75, 3.05) is 13.2 Å². The summed E-state index contributed by atoms with van der Waals surface area (Å²) >= 11 is 0. The van der Waals surface area contributed by atoms with E-state index in [1.165, 1.54) is 12.1 Å². The molecular weight excluding hydrogens is 299 g/mol.